The maximum absolute atomic E-state index is 10.6. The molecule has 116 valence electrons. The third kappa shape index (κ3) is 5.19. The molecule has 0 bridgehead atoms. The Labute approximate surface area is 131 Å². The van der Waals surface area contributed by atoms with Crippen molar-refractivity contribution in [2.24, 2.45) is 0 Å². The molecule has 1 rings (SSSR count). The minimum atomic E-state index is -0.736. The molecular formula is C15H28BrN3O. The predicted molar refractivity (Wildman–Crippen MR) is 87.0 cm³/mol. The van der Waals surface area contributed by atoms with E-state index in [-0.39, 0.29) is 5.54 Å². The highest BCUT2D eigenvalue weighted by Crippen LogP contribution is 2.26. The van der Waals surface area contributed by atoms with Crippen molar-refractivity contribution in [3.63, 3.8) is 0 Å². The second-order valence-corrected chi connectivity index (χ2v) is 7.56. The molecule has 0 radical (unpaired) electrons. The molecule has 1 aromatic rings. The number of hydrogen-bond acceptors (Lipinski definition) is 3. The van der Waals surface area contributed by atoms with Crippen LogP contribution in [-0.4, -0.2) is 32.6 Å². The van der Waals surface area contributed by atoms with Gasteiger partial charge in [-0.15, -0.1) is 0 Å². The second-order valence-electron chi connectivity index (χ2n) is 6.76. The number of nitrogens with one attached hydrogen (secondary N) is 1. The normalized spacial score (nSPS) is 15.4. The summed E-state index contributed by atoms with van der Waals surface area (Å²) in [5.74, 6) is 0. The number of hydrogen-bond donors (Lipinski definition) is 2. The number of aryl methyl sites for hydroxylation is 2. The van der Waals surface area contributed by atoms with Crippen LogP contribution in [0.1, 0.15) is 52.4 Å². The molecular weight excluding hydrogens is 318 g/mol. The Hall–Kier alpha value is -0.390. The molecule has 0 fully saturated rings. The van der Waals surface area contributed by atoms with Crippen LogP contribution >= 0.6 is 15.9 Å². The predicted octanol–water partition coefficient (Wildman–Crippen LogP) is 3.05. The lowest BCUT2D eigenvalue weighted by Gasteiger charge is -2.27. The molecule has 2 N–H and O–H groups in total. The fourth-order valence-electron chi connectivity index (χ4n) is 2.19. The number of halogens is 1. The highest BCUT2D eigenvalue weighted by molar-refractivity contribution is 9.10. The van der Waals surface area contributed by atoms with E-state index in [1.165, 1.54) is 0 Å². The Kier molecular flexibility index (Phi) is 5.81. The molecule has 1 aromatic heterocycles. The molecule has 0 amide bonds. The van der Waals surface area contributed by atoms with Crippen LogP contribution in [0.3, 0.4) is 0 Å². The van der Waals surface area contributed by atoms with Gasteiger partial charge in [0.2, 0.25) is 0 Å². The van der Waals surface area contributed by atoms with Gasteiger partial charge in [-0.1, -0.05) is 0 Å². The van der Waals surface area contributed by atoms with Crippen LogP contribution in [0.5, 0.6) is 0 Å². The van der Waals surface area contributed by atoms with Crippen LogP contribution in [-0.2, 0) is 13.0 Å². The molecule has 0 aliphatic carbocycles. The molecule has 0 aliphatic rings. The van der Waals surface area contributed by atoms with Gasteiger partial charge in [0.05, 0.1) is 21.5 Å². The molecule has 1 unspecified atom stereocenters. The summed E-state index contributed by atoms with van der Waals surface area (Å²) in [7, 11) is 0. The van der Waals surface area contributed by atoms with Crippen molar-refractivity contribution in [2.75, 3.05) is 6.54 Å². The van der Waals surface area contributed by atoms with E-state index in [4.69, 9.17) is 0 Å². The van der Waals surface area contributed by atoms with Gasteiger partial charge in [-0.25, -0.2) is 0 Å². The van der Waals surface area contributed by atoms with E-state index in [2.05, 4.69) is 54.0 Å². The average molecular weight is 346 g/mol. The quantitative estimate of drug-likeness (QED) is 0.832. The van der Waals surface area contributed by atoms with Crippen LogP contribution in [0.4, 0.5) is 0 Å². The topological polar surface area (TPSA) is 50.1 Å². The van der Waals surface area contributed by atoms with Crippen molar-refractivity contribution >= 4 is 15.9 Å². The summed E-state index contributed by atoms with van der Waals surface area (Å²) in [5, 5.41) is 18.5. The molecule has 0 saturated heterocycles. The minimum Gasteiger partial charge on any atom is -0.390 e. The standard InChI is InChI=1S/C15H28BrN3O/c1-7-19-12(13(16)11(2)18-19)10-15(6,20)8-9-17-14(3,4)5/h17,20H,7-10H2,1-6H3. The van der Waals surface area contributed by atoms with Gasteiger partial charge in [0.15, 0.2) is 0 Å². The first kappa shape index (κ1) is 17.7. The van der Waals surface area contributed by atoms with Gasteiger partial charge in [-0.05, 0) is 70.4 Å². The van der Waals surface area contributed by atoms with Crippen molar-refractivity contribution in [1.82, 2.24) is 15.1 Å². The van der Waals surface area contributed by atoms with Crippen LogP contribution in [0.25, 0.3) is 0 Å². The van der Waals surface area contributed by atoms with Gasteiger partial charge < -0.3 is 10.4 Å². The molecule has 1 atom stereocenters. The van der Waals surface area contributed by atoms with E-state index < -0.39 is 5.60 Å². The van der Waals surface area contributed by atoms with Gasteiger partial charge in [-0.2, -0.15) is 5.10 Å². The van der Waals surface area contributed by atoms with Gasteiger partial charge in [0.25, 0.3) is 0 Å². The third-order valence-electron chi connectivity index (χ3n) is 3.32. The van der Waals surface area contributed by atoms with Crippen molar-refractivity contribution in [2.45, 2.75) is 72.1 Å². The first-order chi connectivity index (χ1) is 9.06. The van der Waals surface area contributed by atoms with E-state index >= 15 is 0 Å². The summed E-state index contributed by atoms with van der Waals surface area (Å²) in [6.45, 7) is 14.0. The van der Waals surface area contributed by atoms with Crippen LogP contribution in [0.2, 0.25) is 0 Å². The first-order valence-corrected chi connectivity index (χ1v) is 8.04. The molecule has 0 aromatic carbocycles. The van der Waals surface area contributed by atoms with E-state index in [9.17, 15) is 5.11 Å². The maximum Gasteiger partial charge on any atom is 0.0738 e. The Bertz CT molecular complexity index is 447. The number of nitrogens with zero attached hydrogens (tertiary/aromatic N) is 2. The van der Waals surface area contributed by atoms with E-state index in [0.717, 1.165) is 29.0 Å². The molecule has 0 spiro atoms. The summed E-state index contributed by atoms with van der Waals surface area (Å²) in [6, 6.07) is 0. The summed E-state index contributed by atoms with van der Waals surface area (Å²) < 4.78 is 2.98. The molecule has 4 nitrogen and oxygen atoms in total. The lowest BCUT2D eigenvalue weighted by molar-refractivity contribution is 0.0477. The molecule has 0 aliphatic heterocycles. The zero-order valence-corrected chi connectivity index (χ0v) is 15.1. The summed E-state index contributed by atoms with van der Waals surface area (Å²) >= 11 is 3.58. The number of aliphatic hydroxyl groups is 1. The van der Waals surface area contributed by atoms with Gasteiger partial charge in [-0.3, -0.25) is 4.68 Å². The molecule has 20 heavy (non-hydrogen) atoms. The highest BCUT2D eigenvalue weighted by Gasteiger charge is 2.25. The zero-order chi connectivity index (χ0) is 15.6. The Balaban J connectivity index is 2.71. The Morgan fingerprint density at radius 3 is 2.40 bits per heavy atom. The fourth-order valence-corrected chi connectivity index (χ4v) is 2.62. The highest BCUT2D eigenvalue weighted by atomic mass is 79.9. The second kappa shape index (κ2) is 6.58. The van der Waals surface area contributed by atoms with Crippen LogP contribution in [0, 0.1) is 6.92 Å². The van der Waals surface area contributed by atoms with Gasteiger partial charge in [0, 0.05) is 18.5 Å². The third-order valence-corrected chi connectivity index (χ3v) is 4.35. The SMILES string of the molecule is CCn1nc(C)c(Br)c1CC(C)(O)CCNC(C)(C)C. The van der Waals surface area contributed by atoms with Crippen molar-refractivity contribution < 1.29 is 5.11 Å². The molecule has 1 heterocycles. The van der Waals surface area contributed by atoms with Crippen molar-refractivity contribution in [3.05, 3.63) is 15.9 Å². The maximum atomic E-state index is 10.6. The Morgan fingerprint density at radius 2 is 1.90 bits per heavy atom. The monoisotopic (exact) mass is 345 g/mol. The van der Waals surface area contributed by atoms with Crippen molar-refractivity contribution in [3.8, 4) is 0 Å². The summed E-state index contributed by atoms with van der Waals surface area (Å²) in [4.78, 5) is 0. The molecule has 0 saturated carbocycles. The largest absolute Gasteiger partial charge is 0.390 e. The van der Waals surface area contributed by atoms with Crippen LogP contribution < -0.4 is 5.32 Å². The van der Waals surface area contributed by atoms with E-state index in [1.807, 2.05) is 18.5 Å². The summed E-state index contributed by atoms with van der Waals surface area (Å²) in [5.41, 5.74) is 1.40. The smallest absolute Gasteiger partial charge is 0.0738 e. The number of aromatic nitrogens is 2. The number of rotatable bonds is 6. The summed E-state index contributed by atoms with van der Waals surface area (Å²) in [6.07, 6.45) is 1.32. The van der Waals surface area contributed by atoms with E-state index in [0.29, 0.717) is 12.8 Å². The lowest BCUT2D eigenvalue weighted by Crippen LogP contribution is -2.40. The van der Waals surface area contributed by atoms with Crippen LogP contribution in [0.15, 0.2) is 4.47 Å². The van der Waals surface area contributed by atoms with Gasteiger partial charge >= 0.3 is 0 Å². The first-order valence-electron chi connectivity index (χ1n) is 7.25. The lowest BCUT2D eigenvalue weighted by atomic mass is 9.95. The zero-order valence-electron chi connectivity index (χ0n) is 13.5. The average Bonchev–Trinajstić information content (AvgIpc) is 2.54. The fraction of sp³-hybridized carbons (Fsp3) is 0.800. The molecule has 5 heteroatoms. The van der Waals surface area contributed by atoms with Gasteiger partial charge in [0.1, 0.15) is 0 Å². The Morgan fingerprint density at radius 1 is 1.30 bits per heavy atom. The van der Waals surface area contributed by atoms with E-state index in [1.54, 1.807) is 0 Å². The van der Waals surface area contributed by atoms with Crippen molar-refractivity contribution in [1.29, 1.82) is 0 Å². The minimum absolute atomic E-state index is 0.0818.